The molecule has 0 aliphatic carbocycles. The number of fused-ring (bicyclic) bond motifs is 1. The summed E-state index contributed by atoms with van der Waals surface area (Å²) in [6.07, 6.45) is 4.02. The molecule has 0 saturated carbocycles. The van der Waals surface area contributed by atoms with E-state index in [9.17, 15) is 0 Å². The lowest BCUT2D eigenvalue weighted by molar-refractivity contribution is 0.281. The van der Waals surface area contributed by atoms with E-state index in [4.69, 9.17) is 14.2 Å². The van der Waals surface area contributed by atoms with Crippen molar-refractivity contribution >= 4 is 6.08 Å². The molecule has 2 aromatic rings. The van der Waals surface area contributed by atoms with Gasteiger partial charge in [-0.3, -0.25) is 0 Å². The molecule has 1 heterocycles. The highest BCUT2D eigenvalue weighted by Gasteiger charge is 2.13. The molecule has 0 saturated heterocycles. The van der Waals surface area contributed by atoms with Gasteiger partial charge in [0.1, 0.15) is 19.0 Å². The Kier molecular flexibility index (Phi) is 3.59. The minimum Gasteiger partial charge on any atom is -0.493 e. The Bertz CT molecular complexity index is 618. The van der Waals surface area contributed by atoms with E-state index in [1.807, 2.05) is 54.6 Å². The molecule has 2 aromatic carbocycles. The van der Waals surface area contributed by atoms with Crippen LogP contribution in [-0.4, -0.2) is 13.7 Å². The van der Waals surface area contributed by atoms with E-state index in [0.717, 1.165) is 22.6 Å². The Labute approximate surface area is 118 Å². The van der Waals surface area contributed by atoms with Gasteiger partial charge in [-0.25, -0.2) is 0 Å². The molecule has 0 bridgehead atoms. The smallest absolute Gasteiger partial charge is 0.164 e. The van der Waals surface area contributed by atoms with Crippen molar-refractivity contribution in [2.24, 2.45) is 0 Å². The van der Waals surface area contributed by atoms with Crippen molar-refractivity contribution in [3.05, 3.63) is 59.7 Å². The van der Waals surface area contributed by atoms with Crippen molar-refractivity contribution in [1.82, 2.24) is 0 Å². The fraction of sp³-hybridized carbons (Fsp3) is 0.176. The molecule has 3 heteroatoms. The standard InChI is InChI=1S/C17H16O3/c1-18-16-11-15-14(8-5-9-19-15)10-17(16)20-12-13-6-3-2-4-7-13/h2-8,10-11H,9,12H2,1H3. The molecule has 0 aromatic heterocycles. The summed E-state index contributed by atoms with van der Waals surface area (Å²) in [6.45, 7) is 1.11. The Morgan fingerprint density at radius 1 is 1.10 bits per heavy atom. The van der Waals surface area contributed by atoms with Gasteiger partial charge in [-0.15, -0.1) is 0 Å². The van der Waals surface area contributed by atoms with Crippen molar-refractivity contribution < 1.29 is 14.2 Å². The summed E-state index contributed by atoms with van der Waals surface area (Å²) in [5.41, 5.74) is 2.14. The predicted octanol–water partition coefficient (Wildman–Crippen LogP) is 3.68. The maximum absolute atomic E-state index is 5.87. The molecule has 0 radical (unpaired) electrons. The lowest BCUT2D eigenvalue weighted by Crippen LogP contribution is -2.03. The zero-order chi connectivity index (χ0) is 13.8. The second-order valence-electron chi connectivity index (χ2n) is 4.53. The lowest BCUT2D eigenvalue weighted by atomic mass is 10.1. The summed E-state index contributed by atoms with van der Waals surface area (Å²) < 4.78 is 16.8. The first kappa shape index (κ1) is 12.6. The van der Waals surface area contributed by atoms with Crippen LogP contribution in [0.4, 0.5) is 0 Å². The molecule has 0 fully saturated rings. The van der Waals surface area contributed by atoms with E-state index >= 15 is 0 Å². The number of ether oxygens (including phenoxy) is 3. The van der Waals surface area contributed by atoms with E-state index < -0.39 is 0 Å². The fourth-order valence-electron chi connectivity index (χ4n) is 2.13. The van der Waals surface area contributed by atoms with Crippen molar-refractivity contribution in [3.63, 3.8) is 0 Å². The highest BCUT2D eigenvalue weighted by atomic mass is 16.5. The van der Waals surface area contributed by atoms with Crippen LogP contribution in [0.3, 0.4) is 0 Å². The SMILES string of the molecule is COc1cc2c(cc1OCc1ccccc1)C=CCO2. The molecule has 1 aliphatic heterocycles. The zero-order valence-electron chi connectivity index (χ0n) is 11.3. The largest absolute Gasteiger partial charge is 0.493 e. The number of methoxy groups -OCH3 is 1. The van der Waals surface area contributed by atoms with E-state index in [0.29, 0.717) is 19.0 Å². The molecule has 0 amide bonds. The number of benzene rings is 2. The fourth-order valence-corrected chi connectivity index (χ4v) is 2.13. The van der Waals surface area contributed by atoms with Gasteiger partial charge in [0.2, 0.25) is 0 Å². The third kappa shape index (κ3) is 2.62. The van der Waals surface area contributed by atoms with Crippen LogP contribution in [0, 0.1) is 0 Å². The second-order valence-corrected chi connectivity index (χ2v) is 4.53. The first-order chi connectivity index (χ1) is 9.86. The van der Waals surface area contributed by atoms with Crippen molar-refractivity contribution in [3.8, 4) is 17.2 Å². The van der Waals surface area contributed by atoms with Crippen LogP contribution in [0.1, 0.15) is 11.1 Å². The Morgan fingerprint density at radius 3 is 2.75 bits per heavy atom. The predicted molar refractivity (Wildman–Crippen MR) is 78.3 cm³/mol. The molecule has 3 rings (SSSR count). The quantitative estimate of drug-likeness (QED) is 0.846. The molecule has 0 unspecified atom stereocenters. The Balaban J connectivity index is 1.83. The summed E-state index contributed by atoms with van der Waals surface area (Å²) >= 11 is 0. The topological polar surface area (TPSA) is 27.7 Å². The molecule has 3 nitrogen and oxygen atoms in total. The van der Waals surface area contributed by atoms with Crippen LogP contribution < -0.4 is 14.2 Å². The van der Waals surface area contributed by atoms with Crippen LogP contribution in [0.15, 0.2) is 48.5 Å². The maximum atomic E-state index is 5.87. The number of rotatable bonds is 4. The molecule has 1 aliphatic rings. The minimum atomic E-state index is 0.514. The average Bonchev–Trinajstić information content (AvgIpc) is 2.53. The first-order valence-corrected chi connectivity index (χ1v) is 6.55. The molecule has 0 spiro atoms. The van der Waals surface area contributed by atoms with Crippen LogP contribution in [-0.2, 0) is 6.61 Å². The highest BCUT2D eigenvalue weighted by Crippen LogP contribution is 2.37. The minimum absolute atomic E-state index is 0.514. The van der Waals surface area contributed by atoms with Crippen LogP contribution in [0.25, 0.3) is 6.08 Å². The third-order valence-corrected chi connectivity index (χ3v) is 3.17. The van der Waals surface area contributed by atoms with Crippen molar-refractivity contribution in [2.75, 3.05) is 13.7 Å². The summed E-state index contributed by atoms with van der Waals surface area (Å²) in [7, 11) is 1.63. The molecule has 0 atom stereocenters. The summed E-state index contributed by atoms with van der Waals surface area (Å²) in [6, 6.07) is 13.9. The van der Waals surface area contributed by atoms with Gasteiger partial charge < -0.3 is 14.2 Å². The van der Waals surface area contributed by atoms with E-state index in [-0.39, 0.29) is 0 Å². The summed E-state index contributed by atoms with van der Waals surface area (Å²) in [4.78, 5) is 0. The molecule has 102 valence electrons. The Morgan fingerprint density at radius 2 is 1.95 bits per heavy atom. The van der Waals surface area contributed by atoms with Gasteiger partial charge in [-0.2, -0.15) is 0 Å². The Hall–Kier alpha value is -2.42. The summed E-state index contributed by atoms with van der Waals surface area (Å²) in [5, 5.41) is 0. The molecular weight excluding hydrogens is 252 g/mol. The lowest BCUT2D eigenvalue weighted by Gasteiger charge is -2.17. The van der Waals surface area contributed by atoms with Gasteiger partial charge in [0, 0.05) is 11.6 Å². The van der Waals surface area contributed by atoms with Crippen LogP contribution >= 0.6 is 0 Å². The second kappa shape index (κ2) is 5.70. The number of hydrogen-bond donors (Lipinski definition) is 0. The first-order valence-electron chi connectivity index (χ1n) is 6.55. The van der Waals surface area contributed by atoms with Gasteiger partial charge in [0.15, 0.2) is 11.5 Å². The summed E-state index contributed by atoms with van der Waals surface area (Å²) in [5.74, 6) is 2.25. The van der Waals surface area contributed by atoms with Gasteiger partial charge in [-0.1, -0.05) is 36.4 Å². The molecular formula is C17H16O3. The van der Waals surface area contributed by atoms with E-state index in [1.54, 1.807) is 7.11 Å². The molecule has 20 heavy (non-hydrogen) atoms. The van der Waals surface area contributed by atoms with Crippen molar-refractivity contribution in [1.29, 1.82) is 0 Å². The number of hydrogen-bond acceptors (Lipinski definition) is 3. The van der Waals surface area contributed by atoms with E-state index in [2.05, 4.69) is 0 Å². The zero-order valence-corrected chi connectivity index (χ0v) is 11.3. The van der Waals surface area contributed by atoms with Gasteiger partial charge in [0.05, 0.1) is 7.11 Å². The monoisotopic (exact) mass is 268 g/mol. The van der Waals surface area contributed by atoms with Gasteiger partial charge >= 0.3 is 0 Å². The highest BCUT2D eigenvalue weighted by molar-refractivity contribution is 5.64. The average molecular weight is 268 g/mol. The van der Waals surface area contributed by atoms with Gasteiger partial charge in [-0.05, 0) is 17.7 Å². The van der Waals surface area contributed by atoms with Gasteiger partial charge in [0.25, 0.3) is 0 Å². The third-order valence-electron chi connectivity index (χ3n) is 3.17. The maximum Gasteiger partial charge on any atom is 0.164 e. The molecule has 0 N–H and O–H groups in total. The van der Waals surface area contributed by atoms with Crippen molar-refractivity contribution in [2.45, 2.75) is 6.61 Å². The normalized spacial score (nSPS) is 12.4. The van der Waals surface area contributed by atoms with E-state index in [1.165, 1.54) is 0 Å². The van der Waals surface area contributed by atoms with Crippen LogP contribution in [0.5, 0.6) is 17.2 Å². The van der Waals surface area contributed by atoms with Crippen LogP contribution in [0.2, 0.25) is 0 Å².